The van der Waals surface area contributed by atoms with Crippen molar-refractivity contribution in [1.82, 2.24) is 0 Å². The van der Waals surface area contributed by atoms with E-state index in [2.05, 4.69) is 15.9 Å². The summed E-state index contributed by atoms with van der Waals surface area (Å²) in [6.07, 6.45) is 0.639. The predicted molar refractivity (Wildman–Crippen MR) is 77.2 cm³/mol. The average molecular weight is 342 g/mol. The van der Waals surface area contributed by atoms with E-state index in [0.29, 0.717) is 17.0 Å². The van der Waals surface area contributed by atoms with Crippen molar-refractivity contribution in [3.05, 3.63) is 62.8 Å². The van der Waals surface area contributed by atoms with E-state index in [1.165, 1.54) is 6.07 Å². The maximum Gasteiger partial charge on any atom is 0.138 e. The molecule has 0 aromatic heterocycles. The molecule has 3 rings (SSSR count). The molecule has 4 heteroatoms. The molecular weight excluding hydrogens is 331 g/mol. The molecule has 0 saturated heterocycles. The van der Waals surface area contributed by atoms with Gasteiger partial charge < -0.3 is 4.74 Å². The molecule has 1 aliphatic heterocycles. The van der Waals surface area contributed by atoms with Crippen LogP contribution < -0.4 is 4.74 Å². The molecule has 2 aromatic rings. The predicted octanol–water partition coefficient (Wildman–Crippen LogP) is 5.09. The van der Waals surface area contributed by atoms with Crippen LogP contribution in [0, 0.1) is 5.82 Å². The fraction of sp³-hybridized carbons (Fsp3) is 0.200. The second-order valence-corrected chi connectivity index (χ2v) is 6.15. The van der Waals surface area contributed by atoms with Crippen molar-refractivity contribution in [2.75, 3.05) is 0 Å². The summed E-state index contributed by atoms with van der Waals surface area (Å²) in [5, 5.41) is 0.390. The molecule has 1 aliphatic rings. The zero-order valence-corrected chi connectivity index (χ0v) is 12.6. The summed E-state index contributed by atoms with van der Waals surface area (Å²) >= 11 is 9.26. The second kappa shape index (κ2) is 4.50. The third-order valence-electron chi connectivity index (χ3n) is 3.40. The van der Waals surface area contributed by atoms with Gasteiger partial charge in [-0.2, -0.15) is 0 Å². The summed E-state index contributed by atoms with van der Waals surface area (Å²) in [7, 11) is 0. The highest BCUT2D eigenvalue weighted by atomic mass is 79.9. The van der Waals surface area contributed by atoms with E-state index in [1.54, 1.807) is 12.1 Å². The zero-order valence-electron chi connectivity index (χ0n) is 10.2. The Labute approximate surface area is 124 Å². The van der Waals surface area contributed by atoms with Gasteiger partial charge >= 0.3 is 0 Å². The zero-order chi connectivity index (χ0) is 13.6. The summed E-state index contributed by atoms with van der Waals surface area (Å²) in [6, 6.07) is 10.6. The molecule has 2 aromatic carbocycles. The molecule has 19 heavy (non-hydrogen) atoms. The van der Waals surface area contributed by atoms with Crippen LogP contribution in [0.3, 0.4) is 0 Å². The fourth-order valence-electron chi connectivity index (χ4n) is 2.50. The van der Waals surface area contributed by atoms with Crippen LogP contribution in [0.1, 0.15) is 18.1 Å². The quantitative estimate of drug-likeness (QED) is 0.702. The molecule has 0 fully saturated rings. The van der Waals surface area contributed by atoms with Crippen molar-refractivity contribution in [2.24, 2.45) is 0 Å². The molecular formula is C15H11BrClFO. The number of ether oxygens (including phenoxy) is 1. The van der Waals surface area contributed by atoms with Crippen molar-refractivity contribution in [3.63, 3.8) is 0 Å². The van der Waals surface area contributed by atoms with Crippen LogP contribution >= 0.6 is 27.5 Å². The molecule has 0 spiro atoms. The van der Waals surface area contributed by atoms with Crippen LogP contribution in [0.25, 0.3) is 0 Å². The number of fused-ring (bicyclic) bond motifs is 1. The number of rotatable bonds is 1. The number of para-hydroxylation sites is 1. The minimum atomic E-state index is -0.694. The minimum absolute atomic E-state index is 0.334. The van der Waals surface area contributed by atoms with Gasteiger partial charge in [-0.15, -0.1) is 0 Å². The monoisotopic (exact) mass is 340 g/mol. The molecule has 0 radical (unpaired) electrons. The van der Waals surface area contributed by atoms with E-state index in [-0.39, 0.29) is 5.82 Å². The molecule has 0 amide bonds. The van der Waals surface area contributed by atoms with Crippen molar-refractivity contribution in [2.45, 2.75) is 18.9 Å². The first-order chi connectivity index (χ1) is 8.99. The van der Waals surface area contributed by atoms with E-state index in [1.807, 2.05) is 25.1 Å². The Hall–Kier alpha value is -1.06. The summed E-state index contributed by atoms with van der Waals surface area (Å²) in [4.78, 5) is 0. The van der Waals surface area contributed by atoms with Gasteiger partial charge in [-0.25, -0.2) is 4.39 Å². The lowest BCUT2D eigenvalue weighted by atomic mass is 9.91. The Kier molecular flexibility index (Phi) is 3.06. The van der Waals surface area contributed by atoms with Gasteiger partial charge in [0.25, 0.3) is 0 Å². The largest absolute Gasteiger partial charge is 0.481 e. The number of hydrogen-bond acceptors (Lipinski definition) is 1. The maximum absolute atomic E-state index is 14.1. The first kappa shape index (κ1) is 12.9. The lowest BCUT2D eigenvalue weighted by Crippen LogP contribution is -2.28. The number of hydrogen-bond donors (Lipinski definition) is 0. The van der Waals surface area contributed by atoms with Gasteiger partial charge in [-0.05, 0) is 46.6 Å². The standard InChI is InChI=1S/C15H11BrClFO/c1-15(11-6-5-10(17)7-13(11)18)8-9-3-2-4-12(16)14(9)19-15/h2-7H,8H2,1H3. The third-order valence-corrected chi connectivity index (χ3v) is 4.26. The number of halogens is 3. The van der Waals surface area contributed by atoms with Gasteiger partial charge in [0.15, 0.2) is 0 Å². The summed E-state index contributed by atoms with van der Waals surface area (Å²) in [6.45, 7) is 1.89. The van der Waals surface area contributed by atoms with Crippen LogP contribution in [0.5, 0.6) is 5.75 Å². The lowest BCUT2D eigenvalue weighted by Gasteiger charge is -2.25. The first-order valence-electron chi connectivity index (χ1n) is 5.91. The van der Waals surface area contributed by atoms with Crippen LogP contribution in [0.2, 0.25) is 5.02 Å². The first-order valence-corrected chi connectivity index (χ1v) is 7.09. The molecule has 1 atom stereocenters. The summed E-state index contributed by atoms with van der Waals surface area (Å²) < 4.78 is 21.0. The van der Waals surface area contributed by atoms with Crippen LogP contribution in [0.4, 0.5) is 4.39 Å². The highest BCUT2D eigenvalue weighted by Crippen LogP contribution is 2.45. The van der Waals surface area contributed by atoms with Gasteiger partial charge in [0.05, 0.1) is 4.47 Å². The average Bonchev–Trinajstić information content (AvgIpc) is 2.68. The Morgan fingerprint density at radius 2 is 2.11 bits per heavy atom. The molecule has 0 saturated carbocycles. The Morgan fingerprint density at radius 1 is 1.32 bits per heavy atom. The molecule has 0 aliphatic carbocycles. The van der Waals surface area contributed by atoms with E-state index in [0.717, 1.165) is 15.8 Å². The molecule has 0 N–H and O–H groups in total. The van der Waals surface area contributed by atoms with Gasteiger partial charge in [0.1, 0.15) is 17.2 Å². The van der Waals surface area contributed by atoms with E-state index < -0.39 is 5.60 Å². The van der Waals surface area contributed by atoms with Gasteiger partial charge in [0, 0.05) is 17.0 Å². The topological polar surface area (TPSA) is 9.23 Å². The van der Waals surface area contributed by atoms with Crippen LogP contribution in [0.15, 0.2) is 40.9 Å². The smallest absolute Gasteiger partial charge is 0.138 e. The minimum Gasteiger partial charge on any atom is -0.481 e. The van der Waals surface area contributed by atoms with Crippen LogP contribution in [-0.4, -0.2) is 0 Å². The maximum atomic E-state index is 14.1. The van der Waals surface area contributed by atoms with E-state index >= 15 is 0 Å². The summed E-state index contributed by atoms with van der Waals surface area (Å²) in [5.41, 5.74) is 0.909. The normalized spacial score (nSPS) is 21.1. The second-order valence-electron chi connectivity index (χ2n) is 4.86. The van der Waals surface area contributed by atoms with Crippen molar-refractivity contribution >= 4 is 27.5 Å². The third kappa shape index (κ3) is 2.15. The van der Waals surface area contributed by atoms with Crippen molar-refractivity contribution in [1.29, 1.82) is 0 Å². The highest BCUT2D eigenvalue weighted by Gasteiger charge is 2.39. The highest BCUT2D eigenvalue weighted by molar-refractivity contribution is 9.10. The van der Waals surface area contributed by atoms with Gasteiger partial charge in [-0.1, -0.05) is 29.8 Å². The fourth-order valence-corrected chi connectivity index (χ4v) is 3.15. The molecule has 1 nitrogen and oxygen atoms in total. The Bertz CT molecular complexity index is 659. The molecule has 1 heterocycles. The molecule has 1 unspecified atom stereocenters. The van der Waals surface area contributed by atoms with Crippen molar-refractivity contribution < 1.29 is 9.13 Å². The van der Waals surface area contributed by atoms with E-state index in [9.17, 15) is 4.39 Å². The number of benzene rings is 2. The van der Waals surface area contributed by atoms with E-state index in [4.69, 9.17) is 16.3 Å². The Morgan fingerprint density at radius 3 is 2.79 bits per heavy atom. The molecule has 98 valence electrons. The summed E-state index contributed by atoms with van der Waals surface area (Å²) in [5.74, 6) is 0.457. The molecule has 0 bridgehead atoms. The van der Waals surface area contributed by atoms with Crippen LogP contribution in [-0.2, 0) is 12.0 Å². The SMILES string of the molecule is CC1(c2ccc(Cl)cc2F)Cc2cccc(Br)c2O1. The lowest BCUT2D eigenvalue weighted by molar-refractivity contribution is 0.110. The Balaban J connectivity index is 2.06. The van der Waals surface area contributed by atoms with Gasteiger partial charge in [0.2, 0.25) is 0 Å². The van der Waals surface area contributed by atoms with Crippen molar-refractivity contribution in [3.8, 4) is 5.75 Å². The van der Waals surface area contributed by atoms with Gasteiger partial charge in [-0.3, -0.25) is 0 Å².